The third kappa shape index (κ3) is 2.02. The highest BCUT2D eigenvalue weighted by Crippen LogP contribution is 2.22. The number of aldehydes is 1. The summed E-state index contributed by atoms with van der Waals surface area (Å²) in [5, 5.41) is 8.89. The minimum Gasteiger partial charge on any atom is -0.505 e. The van der Waals surface area contributed by atoms with Crippen molar-refractivity contribution < 1.29 is 18.7 Å². The van der Waals surface area contributed by atoms with E-state index >= 15 is 0 Å². The van der Waals surface area contributed by atoms with Crippen molar-refractivity contribution in [1.29, 1.82) is 0 Å². The molecule has 0 aliphatic carbocycles. The molecule has 0 spiro atoms. The van der Waals surface area contributed by atoms with Crippen LogP contribution < -0.4 is 0 Å². The molecule has 0 bridgehead atoms. The lowest BCUT2D eigenvalue weighted by molar-refractivity contribution is -0.107. The van der Waals surface area contributed by atoms with Gasteiger partial charge in [-0.15, -0.1) is 0 Å². The molecule has 1 aromatic carbocycles. The molecule has 2 nitrogen and oxygen atoms in total. The van der Waals surface area contributed by atoms with Gasteiger partial charge in [-0.1, -0.05) is 0 Å². The average molecular weight is 186 g/mol. The molecule has 0 radical (unpaired) electrons. The Morgan fingerprint density at radius 1 is 1.38 bits per heavy atom. The summed E-state index contributed by atoms with van der Waals surface area (Å²) in [5.74, 6) is -2.32. The molecule has 4 heteroatoms. The number of hydrogen-bond acceptors (Lipinski definition) is 2. The fourth-order valence-electron chi connectivity index (χ4n) is 1.02. The highest BCUT2D eigenvalue weighted by molar-refractivity contribution is 5.50. The Balaban J connectivity index is 3.02. The summed E-state index contributed by atoms with van der Waals surface area (Å²) in [4.78, 5) is 9.98. The fraction of sp³-hybridized carbons (Fsp3) is 0.222. The molecule has 0 aliphatic rings. The van der Waals surface area contributed by atoms with Crippen molar-refractivity contribution in [1.82, 2.24) is 0 Å². The lowest BCUT2D eigenvalue weighted by Crippen LogP contribution is -1.96. The van der Waals surface area contributed by atoms with E-state index in [0.29, 0.717) is 6.29 Å². The zero-order chi connectivity index (χ0) is 9.84. The van der Waals surface area contributed by atoms with Crippen LogP contribution in [0.25, 0.3) is 0 Å². The molecular weight excluding hydrogens is 178 g/mol. The number of rotatable bonds is 3. The summed E-state index contributed by atoms with van der Waals surface area (Å²) in [6.07, 6.45) is 0.579. The first kappa shape index (κ1) is 9.64. The molecule has 0 amide bonds. The van der Waals surface area contributed by atoms with Gasteiger partial charge in [-0.25, -0.2) is 8.78 Å². The van der Waals surface area contributed by atoms with Crippen molar-refractivity contribution in [3.8, 4) is 5.75 Å². The van der Waals surface area contributed by atoms with Crippen molar-refractivity contribution in [3.63, 3.8) is 0 Å². The summed E-state index contributed by atoms with van der Waals surface area (Å²) in [6, 6.07) is 1.91. The Morgan fingerprint density at radius 2 is 2.08 bits per heavy atom. The maximum atomic E-state index is 13.0. The van der Waals surface area contributed by atoms with Crippen molar-refractivity contribution >= 4 is 6.29 Å². The molecule has 13 heavy (non-hydrogen) atoms. The summed E-state index contributed by atoms with van der Waals surface area (Å²) < 4.78 is 25.9. The fourth-order valence-corrected chi connectivity index (χ4v) is 1.02. The Hall–Kier alpha value is -1.45. The SMILES string of the molecule is O=CCCc1c(F)ccc(O)c1F. The lowest BCUT2D eigenvalue weighted by atomic mass is 10.1. The van der Waals surface area contributed by atoms with E-state index in [1.54, 1.807) is 0 Å². The van der Waals surface area contributed by atoms with Crippen molar-refractivity contribution in [2.75, 3.05) is 0 Å². The second kappa shape index (κ2) is 3.98. The molecule has 0 aliphatic heterocycles. The van der Waals surface area contributed by atoms with E-state index in [1.807, 2.05) is 0 Å². The Kier molecular flexibility index (Phi) is 2.95. The summed E-state index contributed by atoms with van der Waals surface area (Å²) in [6.45, 7) is 0. The van der Waals surface area contributed by atoms with E-state index < -0.39 is 17.4 Å². The summed E-state index contributed by atoms with van der Waals surface area (Å²) >= 11 is 0. The molecule has 0 aromatic heterocycles. The highest BCUT2D eigenvalue weighted by Gasteiger charge is 2.11. The van der Waals surface area contributed by atoms with Crippen molar-refractivity contribution in [2.24, 2.45) is 0 Å². The van der Waals surface area contributed by atoms with E-state index in [-0.39, 0.29) is 18.4 Å². The smallest absolute Gasteiger partial charge is 0.170 e. The predicted molar refractivity (Wildman–Crippen MR) is 42.4 cm³/mol. The van der Waals surface area contributed by atoms with Crippen LogP contribution in [0.2, 0.25) is 0 Å². The largest absolute Gasteiger partial charge is 0.505 e. The van der Waals surface area contributed by atoms with Gasteiger partial charge in [-0.2, -0.15) is 0 Å². The van der Waals surface area contributed by atoms with Crippen LogP contribution in [0.15, 0.2) is 12.1 Å². The topological polar surface area (TPSA) is 37.3 Å². The first-order chi connectivity index (χ1) is 6.16. The van der Waals surface area contributed by atoms with Gasteiger partial charge in [-0.3, -0.25) is 0 Å². The van der Waals surface area contributed by atoms with Gasteiger partial charge in [0, 0.05) is 12.0 Å². The Morgan fingerprint density at radius 3 is 2.69 bits per heavy atom. The van der Waals surface area contributed by atoms with Gasteiger partial charge in [0.05, 0.1) is 0 Å². The van der Waals surface area contributed by atoms with E-state index in [1.165, 1.54) is 0 Å². The van der Waals surface area contributed by atoms with Crippen LogP contribution >= 0.6 is 0 Å². The first-order valence-corrected chi connectivity index (χ1v) is 3.76. The Labute approximate surface area is 73.8 Å². The second-order valence-electron chi connectivity index (χ2n) is 2.56. The van der Waals surface area contributed by atoms with E-state index in [0.717, 1.165) is 12.1 Å². The average Bonchev–Trinajstić information content (AvgIpc) is 2.12. The quantitative estimate of drug-likeness (QED) is 0.731. The number of phenols is 1. The van der Waals surface area contributed by atoms with E-state index in [4.69, 9.17) is 5.11 Å². The number of hydrogen-bond donors (Lipinski definition) is 1. The summed E-state index contributed by atoms with van der Waals surface area (Å²) in [5.41, 5.74) is -0.243. The zero-order valence-corrected chi connectivity index (χ0v) is 6.76. The molecule has 1 aromatic rings. The van der Waals surface area contributed by atoms with Gasteiger partial charge in [0.25, 0.3) is 0 Å². The molecule has 0 atom stereocenters. The Bertz CT molecular complexity index is 324. The van der Waals surface area contributed by atoms with E-state index in [9.17, 15) is 13.6 Å². The van der Waals surface area contributed by atoms with Crippen molar-refractivity contribution in [2.45, 2.75) is 12.8 Å². The first-order valence-electron chi connectivity index (χ1n) is 3.76. The van der Waals surface area contributed by atoms with Gasteiger partial charge < -0.3 is 9.90 Å². The lowest BCUT2D eigenvalue weighted by Gasteiger charge is -2.03. The van der Waals surface area contributed by atoms with Crippen LogP contribution in [0.3, 0.4) is 0 Å². The molecule has 0 heterocycles. The normalized spacial score (nSPS) is 10.0. The van der Waals surface area contributed by atoms with Crippen LogP contribution in [0.1, 0.15) is 12.0 Å². The maximum Gasteiger partial charge on any atom is 0.170 e. The van der Waals surface area contributed by atoms with Crippen LogP contribution in [0, 0.1) is 11.6 Å². The molecule has 1 N–H and O–H groups in total. The van der Waals surface area contributed by atoms with Gasteiger partial charge in [0.1, 0.15) is 12.1 Å². The minimum atomic E-state index is -0.984. The van der Waals surface area contributed by atoms with Crippen LogP contribution in [0.5, 0.6) is 5.75 Å². The third-order valence-electron chi connectivity index (χ3n) is 1.68. The number of carbonyl (C=O) groups excluding carboxylic acids is 1. The molecule has 70 valence electrons. The molecular formula is C9H8F2O2. The minimum absolute atomic E-state index is 0.0322. The number of carbonyl (C=O) groups is 1. The number of phenolic OH excluding ortho intramolecular Hbond substituents is 1. The van der Waals surface area contributed by atoms with Crippen molar-refractivity contribution in [3.05, 3.63) is 29.3 Å². The number of aromatic hydroxyl groups is 1. The molecule has 0 fully saturated rings. The van der Waals surface area contributed by atoms with Gasteiger partial charge in [0.15, 0.2) is 11.6 Å². The molecule has 0 saturated heterocycles. The second-order valence-corrected chi connectivity index (χ2v) is 2.56. The van der Waals surface area contributed by atoms with Gasteiger partial charge in [0.2, 0.25) is 0 Å². The molecule has 0 saturated carbocycles. The van der Waals surface area contributed by atoms with E-state index in [2.05, 4.69) is 0 Å². The van der Waals surface area contributed by atoms with Crippen LogP contribution in [-0.4, -0.2) is 11.4 Å². The zero-order valence-electron chi connectivity index (χ0n) is 6.76. The monoisotopic (exact) mass is 186 g/mol. The molecule has 1 rings (SSSR count). The molecule has 0 unspecified atom stereocenters. The standard InChI is InChI=1S/C9H8F2O2/c10-7-3-4-8(13)9(11)6(7)2-1-5-12/h3-5,13H,1-2H2. The van der Waals surface area contributed by atoms with Crippen LogP contribution in [0.4, 0.5) is 8.78 Å². The number of benzene rings is 1. The van der Waals surface area contributed by atoms with Crippen LogP contribution in [-0.2, 0) is 11.2 Å². The maximum absolute atomic E-state index is 13.0. The number of halogens is 2. The highest BCUT2D eigenvalue weighted by atomic mass is 19.1. The third-order valence-corrected chi connectivity index (χ3v) is 1.68. The van der Waals surface area contributed by atoms with Gasteiger partial charge >= 0.3 is 0 Å². The van der Waals surface area contributed by atoms with Gasteiger partial charge in [-0.05, 0) is 18.6 Å². The predicted octanol–water partition coefficient (Wildman–Crippen LogP) is 1.80. The summed E-state index contributed by atoms with van der Waals surface area (Å²) in [7, 11) is 0.